The Morgan fingerprint density at radius 1 is 1.22 bits per heavy atom. The van der Waals surface area contributed by atoms with Crippen molar-refractivity contribution < 1.29 is 26.7 Å². The van der Waals surface area contributed by atoms with Crippen molar-refractivity contribution >= 4 is 37.5 Å². The molecule has 0 unspecified atom stereocenters. The molecule has 0 bridgehead atoms. The number of carbonyl (C=O) groups is 1. The second-order valence-corrected chi connectivity index (χ2v) is 8.00. The monoisotopic (exact) mass is 412 g/mol. The maximum atomic E-state index is 14.3. The van der Waals surface area contributed by atoms with Crippen molar-refractivity contribution in [3.63, 3.8) is 0 Å². The highest BCUT2D eigenvalue weighted by molar-refractivity contribution is 7.90. The second-order valence-electron chi connectivity index (χ2n) is 5.39. The predicted octanol–water partition coefficient (Wildman–Crippen LogP) is 2.83. The van der Waals surface area contributed by atoms with Crippen LogP contribution in [-0.4, -0.2) is 25.6 Å². The Labute approximate surface area is 157 Å². The molecule has 0 radical (unpaired) electrons. The van der Waals surface area contributed by atoms with Crippen LogP contribution in [0.25, 0.3) is 10.2 Å². The van der Waals surface area contributed by atoms with Gasteiger partial charge < -0.3 is 9.30 Å². The molecule has 0 atom stereocenters. The van der Waals surface area contributed by atoms with E-state index < -0.39 is 34.2 Å². The number of benzene rings is 2. The summed E-state index contributed by atoms with van der Waals surface area (Å²) in [6, 6.07) is 9.16. The molecule has 1 aromatic heterocycles. The number of esters is 1. The molecule has 0 aliphatic heterocycles. The van der Waals surface area contributed by atoms with Crippen molar-refractivity contribution in [1.82, 2.24) is 4.57 Å². The highest BCUT2D eigenvalue weighted by Crippen LogP contribution is 2.23. The average molecular weight is 412 g/mol. The van der Waals surface area contributed by atoms with E-state index in [1.165, 1.54) is 24.3 Å². The average Bonchev–Trinajstić information content (AvgIpc) is 2.92. The maximum Gasteiger partial charge on any atom is 0.326 e. The number of fused-ring (bicyclic) bond motifs is 1. The quantitative estimate of drug-likeness (QED) is 0.604. The van der Waals surface area contributed by atoms with Crippen LogP contribution in [0.1, 0.15) is 6.92 Å². The number of hydrogen-bond acceptors (Lipinski definition) is 5. The number of carbonyl (C=O) groups excluding carboxylic acids is 1. The molecule has 0 amide bonds. The summed E-state index contributed by atoms with van der Waals surface area (Å²) in [5, 5.41) is 0. The first-order chi connectivity index (χ1) is 12.8. The fourth-order valence-corrected chi connectivity index (χ4v) is 4.72. The van der Waals surface area contributed by atoms with Gasteiger partial charge in [-0.15, -0.1) is 4.40 Å². The Bertz CT molecular complexity index is 1170. The lowest BCUT2D eigenvalue weighted by Gasteiger charge is -2.06. The third kappa shape index (κ3) is 4.06. The molecule has 1 heterocycles. The van der Waals surface area contributed by atoms with Crippen molar-refractivity contribution in [1.29, 1.82) is 0 Å². The van der Waals surface area contributed by atoms with Crippen molar-refractivity contribution in [3.8, 4) is 0 Å². The maximum absolute atomic E-state index is 14.3. The van der Waals surface area contributed by atoms with Gasteiger partial charge in [0.2, 0.25) is 4.80 Å². The Hall–Kier alpha value is -2.59. The van der Waals surface area contributed by atoms with Gasteiger partial charge in [0.25, 0.3) is 10.0 Å². The first-order valence-electron chi connectivity index (χ1n) is 7.82. The fourth-order valence-electron chi connectivity index (χ4n) is 2.43. The summed E-state index contributed by atoms with van der Waals surface area (Å²) in [7, 11) is -4.11. The van der Waals surface area contributed by atoms with Gasteiger partial charge in [0.05, 0.1) is 21.7 Å². The van der Waals surface area contributed by atoms with E-state index in [4.69, 9.17) is 4.74 Å². The van der Waals surface area contributed by atoms with Crippen LogP contribution in [0.15, 0.2) is 51.8 Å². The largest absolute Gasteiger partial charge is 0.465 e. The fraction of sp³-hybridized carbons (Fsp3) is 0.176. The van der Waals surface area contributed by atoms with Gasteiger partial charge in [0, 0.05) is 6.07 Å². The minimum Gasteiger partial charge on any atom is -0.465 e. The molecule has 0 aliphatic carbocycles. The predicted molar refractivity (Wildman–Crippen MR) is 95.6 cm³/mol. The Balaban J connectivity index is 2.25. The van der Waals surface area contributed by atoms with Crippen LogP contribution in [0.2, 0.25) is 0 Å². The zero-order chi connectivity index (χ0) is 19.6. The third-order valence-corrected chi connectivity index (χ3v) is 5.95. The summed E-state index contributed by atoms with van der Waals surface area (Å²) in [6.45, 7) is 1.25. The lowest BCUT2D eigenvalue weighted by Crippen LogP contribution is -2.23. The Kier molecular flexibility index (Phi) is 5.38. The van der Waals surface area contributed by atoms with Crippen molar-refractivity contribution in [2.75, 3.05) is 6.61 Å². The molecule has 0 fully saturated rings. The Morgan fingerprint density at radius 2 is 1.93 bits per heavy atom. The topological polar surface area (TPSA) is 77.7 Å². The normalized spacial score (nSPS) is 12.5. The molecule has 3 rings (SSSR count). The van der Waals surface area contributed by atoms with Crippen LogP contribution in [0.3, 0.4) is 0 Å². The Morgan fingerprint density at radius 3 is 2.59 bits per heavy atom. The van der Waals surface area contributed by atoms with Crippen LogP contribution in [0, 0.1) is 11.6 Å². The number of nitrogens with zero attached hydrogens (tertiary/aromatic N) is 2. The highest BCUT2D eigenvalue weighted by atomic mass is 32.2. The van der Waals surface area contributed by atoms with Gasteiger partial charge in [-0.25, -0.2) is 8.78 Å². The summed E-state index contributed by atoms with van der Waals surface area (Å²) in [5.74, 6) is -2.44. The number of sulfonamides is 1. The summed E-state index contributed by atoms with van der Waals surface area (Å²) < 4.78 is 62.7. The van der Waals surface area contributed by atoms with Crippen LogP contribution in [0.4, 0.5) is 8.78 Å². The molecule has 142 valence electrons. The van der Waals surface area contributed by atoms with Gasteiger partial charge in [0.1, 0.15) is 12.4 Å². The zero-order valence-corrected chi connectivity index (χ0v) is 15.7. The van der Waals surface area contributed by atoms with Crippen molar-refractivity contribution in [2.24, 2.45) is 4.40 Å². The molecule has 3 aromatic rings. The van der Waals surface area contributed by atoms with Crippen LogP contribution in [-0.2, 0) is 26.1 Å². The van der Waals surface area contributed by atoms with Gasteiger partial charge in [-0.3, -0.25) is 4.79 Å². The number of rotatable bonds is 5. The minimum atomic E-state index is -4.11. The van der Waals surface area contributed by atoms with Crippen LogP contribution < -0.4 is 4.80 Å². The van der Waals surface area contributed by atoms with E-state index >= 15 is 0 Å². The lowest BCUT2D eigenvalue weighted by molar-refractivity contribution is -0.143. The van der Waals surface area contributed by atoms with E-state index in [-0.39, 0.29) is 26.5 Å². The molecule has 2 aromatic carbocycles. The molecule has 10 heteroatoms. The van der Waals surface area contributed by atoms with E-state index in [9.17, 15) is 22.0 Å². The summed E-state index contributed by atoms with van der Waals surface area (Å²) in [6.07, 6.45) is 0. The number of ether oxygens (including phenoxy) is 1. The highest BCUT2D eigenvalue weighted by Gasteiger charge is 2.19. The van der Waals surface area contributed by atoms with Gasteiger partial charge in [-0.05, 0) is 25.1 Å². The summed E-state index contributed by atoms with van der Waals surface area (Å²) >= 11 is 0.763. The molecule has 0 saturated carbocycles. The van der Waals surface area contributed by atoms with E-state index in [1.807, 2.05) is 0 Å². The molecule has 0 saturated heterocycles. The molecule has 0 spiro atoms. The number of hydrogen-bond donors (Lipinski definition) is 0. The minimum absolute atomic E-state index is 0.0585. The van der Waals surface area contributed by atoms with Gasteiger partial charge >= 0.3 is 5.97 Å². The molecule has 0 aliphatic rings. The lowest BCUT2D eigenvalue weighted by atomic mass is 10.3. The standard InChI is InChI=1S/C17H14F2N2O4S2/c1-2-25-15(22)10-21-16-13(19)8-11(18)9-14(16)26-17(21)20-27(23,24)12-6-4-3-5-7-12/h3-9H,2,10H2,1H3/b20-17-. The molecular formula is C17H14F2N2O4S2. The first-order valence-corrected chi connectivity index (χ1v) is 10.1. The molecule has 0 N–H and O–H groups in total. The number of thiazole rings is 1. The molecule has 6 nitrogen and oxygen atoms in total. The van der Waals surface area contributed by atoms with Gasteiger partial charge in [0.15, 0.2) is 5.82 Å². The number of aromatic nitrogens is 1. The smallest absolute Gasteiger partial charge is 0.326 e. The summed E-state index contributed by atoms with van der Waals surface area (Å²) in [4.78, 5) is 11.7. The zero-order valence-electron chi connectivity index (χ0n) is 14.1. The molecule has 27 heavy (non-hydrogen) atoms. The SMILES string of the molecule is CCOC(=O)Cn1/c(=N/S(=O)(=O)c2ccccc2)sc2cc(F)cc(F)c21. The van der Waals surface area contributed by atoms with E-state index in [1.54, 1.807) is 13.0 Å². The number of halogens is 2. The van der Waals surface area contributed by atoms with Crippen LogP contribution >= 0.6 is 11.3 Å². The van der Waals surface area contributed by atoms with E-state index in [0.717, 1.165) is 22.0 Å². The van der Waals surface area contributed by atoms with Crippen molar-refractivity contribution in [3.05, 3.63) is 58.9 Å². The molecular weight excluding hydrogens is 398 g/mol. The first kappa shape index (κ1) is 19.2. The van der Waals surface area contributed by atoms with E-state index in [0.29, 0.717) is 6.07 Å². The van der Waals surface area contributed by atoms with E-state index in [2.05, 4.69) is 4.40 Å². The van der Waals surface area contributed by atoms with Gasteiger partial charge in [-0.2, -0.15) is 8.42 Å². The van der Waals surface area contributed by atoms with Crippen molar-refractivity contribution in [2.45, 2.75) is 18.4 Å². The van der Waals surface area contributed by atoms with Gasteiger partial charge in [-0.1, -0.05) is 29.5 Å². The summed E-state index contributed by atoms with van der Waals surface area (Å²) in [5.41, 5.74) is -0.114. The van der Waals surface area contributed by atoms with Crippen LogP contribution in [0.5, 0.6) is 0 Å². The second kappa shape index (κ2) is 7.57. The third-order valence-electron chi connectivity index (χ3n) is 3.53.